The fraction of sp³-hybridized carbons (Fsp3) is 0.462. The highest BCUT2D eigenvalue weighted by Gasteiger charge is 2.42. The van der Waals surface area contributed by atoms with Gasteiger partial charge in [0.15, 0.2) is 0 Å². The van der Waals surface area contributed by atoms with Crippen LogP contribution in [-0.2, 0) is 0 Å². The molecule has 0 saturated heterocycles. The van der Waals surface area contributed by atoms with Crippen LogP contribution in [0.4, 0.5) is 5.69 Å². The van der Waals surface area contributed by atoms with Crippen molar-refractivity contribution in [2.45, 2.75) is 19.3 Å². The molecular weight excluding hydrogens is 328 g/mol. The van der Waals surface area contributed by atoms with Crippen molar-refractivity contribution in [2.75, 3.05) is 13.2 Å². The van der Waals surface area contributed by atoms with Crippen LogP contribution in [0.15, 0.2) is 22.7 Å². The minimum absolute atomic E-state index is 0.0115. The molecule has 6 nitrogen and oxygen atoms in total. The topological polar surface area (TPSA) is 92.5 Å². The number of nitrogens with zero attached hydrogens (tertiary/aromatic N) is 1. The highest BCUT2D eigenvalue weighted by molar-refractivity contribution is 9.10. The summed E-state index contributed by atoms with van der Waals surface area (Å²) in [5.41, 5.74) is 0.145. The molecule has 7 heteroatoms. The van der Waals surface area contributed by atoms with Crippen LogP contribution in [0.5, 0.6) is 0 Å². The van der Waals surface area contributed by atoms with E-state index in [4.69, 9.17) is 5.11 Å². The lowest BCUT2D eigenvalue weighted by Gasteiger charge is -2.14. The van der Waals surface area contributed by atoms with Gasteiger partial charge in [-0.1, -0.05) is 0 Å². The first kappa shape index (κ1) is 14.9. The van der Waals surface area contributed by atoms with Crippen LogP contribution in [0.3, 0.4) is 0 Å². The molecule has 20 heavy (non-hydrogen) atoms. The Bertz CT molecular complexity index is 543. The molecule has 0 spiro atoms. The maximum atomic E-state index is 12.1. The Labute approximate surface area is 124 Å². The number of nitro benzene ring substituents is 1. The quantitative estimate of drug-likeness (QED) is 0.612. The van der Waals surface area contributed by atoms with Gasteiger partial charge in [-0.2, -0.15) is 0 Å². The molecule has 1 aromatic rings. The summed E-state index contributed by atoms with van der Waals surface area (Å²) in [6.45, 7) is 0.595. The van der Waals surface area contributed by atoms with E-state index in [1.54, 1.807) is 0 Å². The SMILES string of the molecule is O=C(NCC1(CCO)CC1)c1cc([N+](=O)[O-])ccc1Br. The van der Waals surface area contributed by atoms with E-state index in [1.165, 1.54) is 18.2 Å². The van der Waals surface area contributed by atoms with E-state index in [9.17, 15) is 14.9 Å². The van der Waals surface area contributed by atoms with Crippen LogP contribution in [0.1, 0.15) is 29.6 Å². The Morgan fingerprint density at radius 3 is 2.75 bits per heavy atom. The molecule has 0 bridgehead atoms. The van der Waals surface area contributed by atoms with E-state index in [1.807, 2.05) is 0 Å². The lowest BCUT2D eigenvalue weighted by Crippen LogP contribution is -2.31. The molecule has 0 atom stereocenters. The highest BCUT2D eigenvalue weighted by Crippen LogP contribution is 2.47. The second kappa shape index (κ2) is 5.88. The van der Waals surface area contributed by atoms with Gasteiger partial charge >= 0.3 is 0 Å². The smallest absolute Gasteiger partial charge is 0.270 e. The van der Waals surface area contributed by atoms with Gasteiger partial charge in [-0.15, -0.1) is 0 Å². The summed E-state index contributed by atoms with van der Waals surface area (Å²) < 4.78 is 0.521. The van der Waals surface area contributed by atoms with Crippen molar-refractivity contribution >= 4 is 27.5 Å². The van der Waals surface area contributed by atoms with Crippen LogP contribution in [0.2, 0.25) is 0 Å². The normalized spacial score (nSPS) is 15.7. The molecule has 1 fully saturated rings. The van der Waals surface area contributed by atoms with Gasteiger partial charge in [0, 0.05) is 29.8 Å². The molecule has 0 radical (unpaired) electrons. The molecule has 1 aliphatic rings. The standard InChI is InChI=1S/C13H15BrN2O4/c14-11-2-1-9(16(19)20)7-10(11)12(18)15-8-13(3-4-13)5-6-17/h1-2,7,17H,3-6,8H2,(H,15,18). The van der Waals surface area contributed by atoms with Gasteiger partial charge in [0.05, 0.1) is 10.5 Å². The lowest BCUT2D eigenvalue weighted by atomic mass is 10.0. The van der Waals surface area contributed by atoms with Crippen molar-refractivity contribution in [3.63, 3.8) is 0 Å². The number of nitro groups is 1. The molecule has 0 aliphatic heterocycles. The van der Waals surface area contributed by atoms with Crippen molar-refractivity contribution in [3.8, 4) is 0 Å². The second-order valence-corrected chi connectivity index (χ2v) is 5.93. The van der Waals surface area contributed by atoms with Crippen molar-refractivity contribution < 1.29 is 14.8 Å². The molecule has 0 heterocycles. The van der Waals surface area contributed by atoms with Crippen molar-refractivity contribution in [2.24, 2.45) is 5.41 Å². The summed E-state index contributed by atoms with van der Waals surface area (Å²) in [4.78, 5) is 22.3. The average molecular weight is 343 g/mol. The third kappa shape index (κ3) is 3.34. The minimum Gasteiger partial charge on any atom is -0.396 e. The molecule has 1 aromatic carbocycles. The Hall–Kier alpha value is -1.47. The van der Waals surface area contributed by atoms with Crippen LogP contribution < -0.4 is 5.32 Å². The number of rotatable bonds is 6. The summed E-state index contributed by atoms with van der Waals surface area (Å²) in [6.07, 6.45) is 2.65. The van der Waals surface area contributed by atoms with E-state index in [0.29, 0.717) is 17.4 Å². The third-order valence-corrected chi connectivity index (χ3v) is 4.32. The molecule has 0 unspecified atom stereocenters. The molecule has 108 valence electrons. The van der Waals surface area contributed by atoms with Gasteiger partial charge in [-0.05, 0) is 46.7 Å². The summed E-state index contributed by atoms with van der Waals surface area (Å²) >= 11 is 3.22. The van der Waals surface area contributed by atoms with E-state index in [2.05, 4.69) is 21.2 Å². The lowest BCUT2D eigenvalue weighted by molar-refractivity contribution is -0.384. The van der Waals surface area contributed by atoms with Gasteiger partial charge in [0.2, 0.25) is 0 Å². The summed E-state index contributed by atoms with van der Waals surface area (Å²) in [5.74, 6) is -0.343. The predicted octanol–water partition coefficient (Wildman–Crippen LogP) is 2.25. The van der Waals surface area contributed by atoms with Crippen molar-refractivity contribution in [3.05, 3.63) is 38.3 Å². The second-order valence-electron chi connectivity index (χ2n) is 5.08. The zero-order valence-corrected chi connectivity index (χ0v) is 12.4. The monoisotopic (exact) mass is 342 g/mol. The number of carbonyl (C=O) groups is 1. The zero-order valence-electron chi connectivity index (χ0n) is 10.8. The number of aliphatic hydroxyl groups is 1. The number of amides is 1. The highest BCUT2D eigenvalue weighted by atomic mass is 79.9. The zero-order chi connectivity index (χ0) is 14.8. The van der Waals surface area contributed by atoms with Gasteiger partial charge in [0.1, 0.15) is 0 Å². The minimum atomic E-state index is -0.530. The van der Waals surface area contributed by atoms with Gasteiger partial charge in [-0.25, -0.2) is 0 Å². The van der Waals surface area contributed by atoms with Crippen LogP contribution in [0, 0.1) is 15.5 Å². The van der Waals surface area contributed by atoms with Crippen molar-refractivity contribution in [1.82, 2.24) is 5.32 Å². The summed E-state index contributed by atoms with van der Waals surface area (Å²) in [7, 11) is 0. The van der Waals surface area contributed by atoms with Crippen LogP contribution in [0.25, 0.3) is 0 Å². The molecule has 2 N–H and O–H groups in total. The Morgan fingerprint density at radius 2 is 2.20 bits per heavy atom. The number of benzene rings is 1. The number of aliphatic hydroxyl groups excluding tert-OH is 1. The van der Waals surface area contributed by atoms with Crippen LogP contribution >= 0.6 is 15.9 Å². The van der Waals surface area contributed by atoms with Crippen LogP contribution in [-0.4, -0.2) is 29.1 Å². The molecule has 0 aromatic heterocycles. The molecule has 2 rings (SSSR count). The van der Waals surface area contributed by atoms with Crippen molar-refractivity contribution in [1.29, 1.82) is 0 Å². The van der Waals surface area contributed by atoms with E-state index in [-0.39, 0.29) is 29.2 Å². The van der Waals surface area contributed by atoms with Gasteiger partial charge in [0.25, 0.3) is 11.6 Å². The Balaban J connectivity index is 2.05. The fourth-order valence-corrected chi connectivity index (χ4v) is 2.52. The van der Waals surface area contributed by atoms with E-state index >= 15 is 0 Å². The van der Waals surface area contributed by atoms with Gasteiger partial charge in [-0.3, -0.25) is 14.9 Å². The largest absolute Gasteiger partial charge is 0.396 e. The molecule has 1 saturated carbocycles. The molecule has 1 aliphatic carbocycles. The number of halogens is 1. The first-order valence-electron chi connectivity index (χ1n) is 6.30. The summed E-state index contributed by atoms with van der Waals surface area (Å²) in [5, 5.41) is 22.5. The first-order valence-corrected chi connectivity index (χ1v) is 7.10. The number of nitrogens with one attached hydrogen (secondary N) is 1. The maximum Gasteiger partial charge on any atom is 0.270 e. The molecule has 1 amide bonds. The average Bonchev–Trinajstić information content (AvgIpc) is 3.17. The predicted molar refractivity (Wildman–Crippen MR) is 76.5 cm³/mol. The van der Waals surface area contributed by atoms with Gasteiger partial charge < -0.3 is 10.4 Å². The fourth-order valence-electron chi connectivity index (χ4n) is 2.09. The number of non-ortho nitro benzene ring substituents is 1. The summed E-state index contributed by atoms with van der Waals surface area (Å²) in [6, 6.07) is 4.09. The molecular formula is C13H15BrN2O4. The first-order chi connectivity index (χ1) is 9.47. The van der Waals surface area contributed by atoms with E-state index < -0.39 is 4.92 Å². The maximum absolute atomic E-state index is 12.1. The third-order valence-electron chi connectivity index (χ3n) is 3.63. The number of carbonyl (C=O) groups excluding carboxylic acids is 1. The number of hydrogen-bond acceptors (Lipinski definition) is 4. The number of hydrogen-bond donors (Lipinski definition) is 2. The van der Waals surface area contributed by atoms with E-state index in [0.717, 1.165) is 12.8 Å². The Kier molecular flexibility index (Phi) is 4.39. The Morgan fingerprint density at radius 1 is 1.50 bits per heavy atom.